The summed E-state index contributed by atoms with van der Waals surface area (Å²) in [5.41, 5.74) is 3.22. The average Bonchev–Trinajstić information content (AvgIpc) is 3.27. The molecule has 3 heterocycles. The number of aromatic nitrogens is 4. The number of hydrogen-bond donors (Lipinski definition) is 1. The Balaban J connectivity index is 1.29. The van der Waals surface area contributed by atoms with Gasteiger partial charge >= 0.3 is 0 Å². The molecule has 2 aromatic carbocycles. The van der Waals surface area contributed by atoms with Gasteiger partial charge in [0.15, 0.2) is 0 Å². The molecule has 0 aliphatic carbocycles. The van der Waals surface area contributed by atoms with Gasteiger partial charge in [0.25, 0.3) is 11.9 Å². The van der Waals surface area contributed by atoms with Crippen LogP contribution in [0.5, 0.6) is 0 Å². The molecule has 35 heavy (non-hydrogen) atoms. The maximum Gasteiger partial charge on any atom is 0.255 e. The van der Waals surface area contributed by atoms with E-state index in [2.05, 4.69) is 49.5 Å². The van der Waals surface area contributed by atoms with Gasteiger partial charge in [0, 0.05) is 30.9 Å². The first-order valence-corrected chi connectivity index (χ1v) is 11.8. The van der Waals surface area contributed by atoms with Gasteiger partial charge in [-0.25, -0.2) is 19.0 Å². The van der Waals surface area contributed by atoms with Gasteiger partial charge in [-0.3, -0.25) is 9.69 Å². The second kappa shape index (κ2) is 10.1. The predicted molar refractivity (Wildman–Crippen MR) is 131 cm³/mol. The number of carbonyl (C=O) groups excluding carboxylic acids is 1. The molecule has 1 aliphatic rings. The second-order valence-corrected chi connectivity index (χ2v) is 8.81. The van der Waals surface area contributed by atoms with Gasteiger partial charge in [0.2, 0.25) is 0 Å². The highest BCUT2D eigenvalue weighted by molar-refractivity contribution is 5.95. The molecular weight excluding hydrogens is 443 g/mol. The van der Waals surface area contributed by atoms with Crippen LogP contribution in [0.4, 0.5) is 4.39 Å². The zero-order valence-corrected chi connectivity index (χ0v) is 19.6. The van der Waals surface area contributed by atoms with Crippen molar-refractivity contribution in [3.8, 4) is 17.2 Å². The largest absolute Gasteiger partial charge is 0.348 e. The van der Waals surface area contributed by atoms with Gasteiger partial charge < -0.3 is 5.32 Å². The SMILES string of the molecule is Cc1c(C(=O)NC2CCCN(Cc3ccccc3)C2)cnn1-c1nccc(-c2ccccc2F)n1. The summed E-state index contributed by atoms with van der Waals surface area (Å²) in [4.78, 5) is 24.3. The van der Waals surface area contributed by atoms with Crippen LogP contribution in [0, 0.1) is 12.7 Å². The number of likely N-dealkylation sites (tertiary alicyclic amines) is 1. The molecule has 1 saturated heterocycles. The number of piperidine rings is 1. The number of rotatable bonds is 6. The van der Waals surface area contributed by atoms with Gasteiger partial charge in [-0.2, -0.15) is 5.10 Å². The van der Waals surface area contributed by atoms with Crippen molar-refractivity contribution in [3.63, 3.8) is 0 Å². The summed E-state index contributed by atoms with van der Waals surface area (Å²) in [5, 5.41) is 7.53. The first kappa shape index (κ1) is 22.9. The van der Waals surface area contributed by atoms with E-state index in [0.29, 0.717) is 22.5 Å². The Labute approximate surface area is 203 Å². The molecular formula is C27H27FN6O. The lowest BCUT2D eigenvalue weighted by Gasteiger charge is -2.33. The van der Waals surface area contributed by atoms with Crippen LogP contribution in [0.1, 0.15) is 34.5 Å². The van der Waals surface area contributed by atoms with Crippen molar-refractivity contribution in [3.05, 3.63) is 95.7 Å². The molecule has 1 N–H and O–H groups in total. The van der Waals surface area contributed by atoms with Crippen LogP contribution in [0.3, 0.4) is 0 Å². The first-order chi connectivity index (χ1) is 17.1. The van der Waals surface area contributed by atoms with E-state index >= 15 is 0 Å². The van der Waals surface area contributed by atoms with E-state index in [9.17, 15) is 9.18 Å². The van der Waals surface area contributed by atoms with Crippen molar-refractivity contribution in [1.82, 2.24) is 30.0 Å². The lowest BCUT2D eigenvalue weighted by Crippen LogP contribution is -2.47. The highest BCUT2D eigenvalue weighted by atomic mass is 19.1. The predicted octanol–water partition coefficient (Wildman–Crippen LogP) is 4.17. The van der Waals surface area contributed by atoms with Crippen LogP contribution < -0.4 is 5.32 Å². The fourth-order valence-corrected chi connectivity index (χ4v) is 4.53. The van der Waals surface area contributed by atoms with E-state index in [0.717, 1.165) is 32.5 Å². The molecule has 1 aliphatic heterocycles. The molecule has 0 radical (unpaired) electrons. The smallest absolute Gasteiger partial charge is 0.255 e. The number of nitrogens with one attached hydrogen (secondary N) is 1. The standard InChI is InChI=1S/C27H27FN6O/c1-19-23(26(35)31-21-10-7-15-33(18-21)17-20-8-3-2-4-9-20)16-30-34(19)27-29-14-13-25(32-27)22-11-5-6-12-24(22)28/h2-6,8-9,11-14,16,21H,7,10,15,17-18H2,1H3,(H,31,35). The van der Waals surface area contributed by atoms with E-state index in [1.807, 2.05) is 13.0 Å². The molecule has 1 amide bonds. The van der Waals surface area contributed by atoms with Gasteiger partial charge in [-0.15, -0.1) is 0 Å². The Morgan fingerprint density at radius 1 is 1.11 bits per heavy atom. The van der Waals surface area contributed by atoms with E-state index in [-0.39, 0.29) is 23.7 Å². The molecule has 0 bridgehead atoms. The third kappa shape index (κ3) is 5.12. The van der Waals surface area contributed by atoms with Gasteiger partial charge in [-0.05, 0) is 50.1 Å². The zero-order chi connectivity index (χ0) is 24.2. The minimum atomic E-state index is -0.358. The maximum absolute atomic E-state index is 14.2. The molecule has 0 saturated carbocycles. The maximum atomic E-state index is 14.2. The van der Waals surface area contributed by atoms with E-state index in [1.54, 1.807) is 30.5 Å². The quantitative estimate of drug-likeness (QED) is 0.458. The summed E-state index contributed by atoms with van der Waals surface area (Å²) in [5.74, 6) is -0.234. The van der Waals surface area contributed by atoms with Crippen molar-refractivity contribution < 1.29 is 9.18 Å². The Morgan fingerprint density at radius 3 is 2.74 bits per heavy atom. The second-order valence-electron chi connectivity index (χ2n) is 8.81. The van der Waals surface area contributed by atoms with Crippen LogP contribution >= 0.6 is 0 Å². The van der Waals surface area contributed by atoms with Crippen molar-refractivity contribution in [2.45, 2.75) is 32.4 Å². The van der Waals surface area contributed by atoms with Crippen molar-refractivity contribution in [1.29, 1.82) is 0 Å². The molecule has 5 rings (SSSR count). The molecule has 4 aromatic rings. The molecule has 2 aromatic heterocycles. The van der Waals surface area contributed by atoms with Gasteiger partial charge in [0.05, 0.1) is 23.1 Å². The first-order valence-electron chi connectivity index (χ1n) is 11.8. The van der Waals surface area contributed by atoms with Crippen molar-refractivity contribution in [2.24, 2.45) is 0 Å². The van der Waals surface area contributed by atoms with Crippen molar-refractivity contribution in [2.75, 3.05) is 13.1 Å². The fourth-order valence-electron chi connectivity index (χ4n) is 4.53. The molecule has 1 fully saturated rings. The third-order valence-electron chi connectivity index (χ3n) is 6.33. The fraction of sp³-hybridized carbons (Fsp3) is 0.259. The topological polar surface area (TPSA) is 75.9 Å². The Bertz CT molecular complexity index is 1320. The van der Waals surface area contributed by atoms with Crippen LogP contribution in [-0.2, 0) is 6.54 Å². The van der Waals surface area contributed by atoms with Gasteiger partial charge in [-0.1, -0.05) is 42.5 Å². The van der Waals surface area contributed by atoms with Crippen LogP contribution in [0.15, 0.2) is 73.1 Å². The van der Waals surface area contributed by atoms with E-state index in [4.69, 9.17) is 0 Å². The molecule has 1 unspecified atom stereocenters. The van der Waals surface area contributed by atoms with Crippen LogP contribution in [0.2, 0.25) is 0 Å². The molecule has 0 spiro atoms. The number of benzene rings is 2. The summed E-state index contributed by atoms with van der Waals surface area (Å²) < 4.78 is 15.7. The Morgan fingerprint density at radius 2 is 1.91 bits per heavy atom. The zero-order valence-electron chi connectivity index (χ0n) is 19.6. The summed E-state index contributed by atoms with van der Waals surface area (Å²) in [7, 11) is 0. The lowest BCUT2D eigenvalue weighted by atomic mass is 10.0. The minimum Gasteiger partial charge on any atom is -0.348 e. The van der Waals surface area contributed by atoms with Crippen molar-refractivity contribution >= 4 is 5.91 Å². The highest BCUT2D eigenvalue weighted by Crippen LogP contribution is 2.21. The van der Waals surface area contributed by atoms with Crippen LogP contribution in [0.25, 0.3) is 17.2 Å². The van der Waals surface area contributed by atoms with Gasteiger partial charge in [0.1, 0.15) is 5.82 Å². The number of nitrogens with zero attached hydrogens (tertiary/aromatic N) is 5. The molecule has 1 atom stereocenters. The highest BCUT2D eigenvalue weighted by Gasteiger charge is 2.24. The normalized spacial score (nSPS) is 16.2. The summed E-state index contributed by atoms with van der Waals surface area (Å²) >= 11 is 0. The Hall–Kier alpha value is -3.91. The number of carbonyl (C=O) groups is 1. The third-order valence-corrected chi connectivity index (χ3v) is 6.33. The number of amides is 1. The molecule has 8 heteroatoms. The van der Waals surface area contributed by atoms with Crippen LogP contribution in [-0.4, -0.2) is 49.7 Å². The Kier molecular flexibility index (Phi) is 6.63. The van der Waals surface area contributed by atoms with E-state index < -0.39 is 0 Å². The molecule has 178 valence electrons. The number of hydrogen-bond acceptors (Lipinski definition) is 5. The number of halogens is 1. The summed E-state index contributed by atoms with van der Waals surface area (Å²) in [6.45, 7) is 4.51. The summed E-state index contributed by atoms with van der Waals surface area (Å²) in [6, 6.07) is 18.6. The average molecular weight is 471 g/mol. The lowest BCUT2D eigenvalue weighted by molar-refractivity contribution is 0.0900. The molecule has 7 nitrogen and oxygen atoms in total. The monoisotopic (exact) mass is 470 g/mol. The van der Waals surface area contributed by atoms with E-state index in [1.165, 1.54) is 22.5 Å². The summed E-state index contributed by atoms with van der Waals surface area (Å²) in [6.07, 6.45) is 5.08. The minimum absolute atomic E-state index is 0.0725.